The van der Waals surface area contributed by atoms with E-state index in [1.165, 1.54) is 6.92 Å². The topological polar surface area (TPSA) is 57.9 Å². The first-order valence-corrected chi connectivity index (χ1v) is 6.01. The van der Waals surface area contributed by atoms with Gasteiger partial charge >= 0.3 is 0 Å². The number of thiol groups is 1. The van der Waals surface area contributed by atoms with Crippen LogP contribution in [-0.2, 0) is 10.7 Å². The Balaban J connectivity index is 0. The molecule has 1 atom stereocenters. The zero-order valence-electron chi connectivity index (χ0n) is 8.95. The summed E-state index contributed by atoms with van der Waals surface area (Å²) in [6.07, 6.45) is -1.35. The number of hydrogen-bond donors (Lipinski definition) is 1. The fourth-order valence-electron chi connectivity index (χ4n) is 0.991. The van der Waals surface area contributed by atoms with E-state index in [0.29, 0.717) is 12.8 Å². The SMILES string of the molecule is CC#N.CC(CCC[SH](=O)=O)CC(F)F. The Labute approximate surface area is 91.0 Å². The molecule has 0 aromatic rings. The highest BCUT2D eigenvalue weighted by molar-refractivity contribution is 7.72. The van der Waals surface area contributed by atoms with E-state index in [9.17, 15) is 17.2 Å². The van der Waals surface area contributed by atoms with Gasteiger partial charge in [0.05, 0.1) is 6.07 Å². The predicted octanol–water partition coefficient (Wildman–Crippen LogP) is 2.20. The van der Waals surface area contributed by atoms with Crippen LogP contribution < -0.4 is 0 Å². The van der Waals surface area contributed by atoms with Crippen molar-refractivity contribution in [2.75, 3.05) is 5.75 Å². The van der Waals surface area contributed by atoms with Gasteiger partial charge in [0, 0.05) is 19.1 Å². The lowest BCUT2D eigenvalue weighted by Crippen LogP contribution is -2.03. The molecule has 0 aliphatic heterocycles. The molecule has 15 heavy (non-hydrogen) atoms. The standard InChI is InChI=1S/C7H14F2O2S.C2H3N/c1-6(5-7(8)9)3-2-4-12(10)11;1-2-3/h6-7,12H,2-5H2,1H3;1H3. The van der Waals surface area contributed by atoms with Crippen LogP contribution >= 0.6 is 0 Å². The highest BCUT2D eigenvalue weighted by atomic mass is 32.2. The molecule has 0 aliphatic rings. The third-order valence-electron chi connectivity index (χ3n) is 1.62. The molecule has 90 valence electrons. The van der Waals surface area contributed by atoms with Crippen LogP contribution in [0.5, 0.6) is 0 Å². The molecule has 0 aliphatic carbocycles. The van der Waals surface area contributed by atoms with Gasteiger partial charge in [0.1, 0.15) is 10.7 Å². The van der Waals surface area contributed by atoms with Gasteiger partial charge in [0.2, 0.25) is 6.43 Å². The summed E-state index contributed by atoms with van der Waals surface area (Å²) in [6, 6.07) is 1.75. The van der Waals surface area contributed by atoms with Crippen molar-refractivity contribution in [3.63, 3.8) is 0 Å². The monoisotopic (exact) mass is 241 g/mol. The van der Waals surface area contributed by atoms with Crippen LogP contribution in [0.3, 0.4) is 0 Å². The van der Waals surface area contributed by atoms with E-state index in [1.54, 1.807) is 13.0 Å². The molecule has 0 N–H and O–H groups in total. The minimum atomic E-state index is -2.34. The minimum absolute atomic E-state index is 0.0834. The Morgan fingerprint density at radius 1 is 1.40 bits per heavy atom. The van der Waals surface area contributed by atoms with Crippen molar-refractivity contribution in [3.05, 3.63) is 0 Å². The first-order valence-electron chi connectivity index (χ1n) is 4.64. The smallest absolute Gasteiger partial charge is 0.232 e. The molecule has 0 spiro atoms. The molecule has 0 heterocycles. The van der Waals surface area contributed by atoms with Gasteiger partial charge in [0.15, 0.2) is 0 Å². The summed E-state index contributed by atoms with van der Waals surface area (Å²) in [7, 11) is -2.34. The second kappa shape index (κ2) is 11.4. The first-order chi connectivity index (χ1) is 6.93. The third-order valence-corrected chi connectivity index (χ3v) is 2.30. The Morgan fingerprint density at radius 2 is 1.87 bits per heavy atom. The zero-order chi connectivity index (χ0) is 12.3. The molecule has 0 aromatic heterocycles. The van der Waals surface area contributed by atoms with E-state index in [1.807, 2.05) is 0 Å². The lowest BCUT2D eigenvalue weighted by molar-refractivity contribution is 0.116. The minimum Gasteiger partial charge on any atom is -0.232 e. The average molecular weight is 241 g/mol. The largest absolute Gasteiger partial charge is 0.238 e. The number of rotatable bonds is 6. The molecular weight excluding hydrogens is 224 g/mol. The number of halogens is 2. The van der Waals surface area contributed by atoms with E-state index in [-0.39, 0.29) is 18.1 Å². The summed E-state index contributed by atoms with van der Waals surface area (Å²) in [5.74, 6) is 0.0306. The summed E-state index contributed by atoms with van der Waals surface area (Å²) in [6.45, 7) is 3.14. The predicted molar refractivity (Wildman–Crippen MR) is 55.5 cm³/mol. The quantitative estimate of drug-likeness (QED) is 0.725. The van der Waals surface area contributed by atoms with Crippen molar-refractivity contribution >= 4 is 10.7 Å². The summed E-state index contributed by atoms with van der Waals surface area (Å²) < 4.78 is 43.7. The van der Waals surface area contributed by atoms with E-state index >= 15 is 0 Å². The number of hydrogen-bond acceptors (Lipinski definition) is 3. The fraction of sp³-hybridized carbons (Fsp3) is 0.889. The zero-order valence-corrected chi connectivity index (χ0v) is 9.84. The maximum Gasteiger partial charge on any atom is 0.238 e. The molecule has 1 unspecified atom stereocenters. The van der Waals surface area contributed by atoms with Crippen molar-refractivity contribution in [1.29, 1.82) is 5.26 Å². The van der Waals surface area contributed by atoms with E-state index in [4.69, 9.17) is 5.26 Å². The summed E-state index contributed by atoms with van der Waals surface area (Å²) in [5.41, 5.74) is 0. The van der Waals surface area contributed by atoms with E-state index < -0.39 is 17.1 Å². The van der Waals surface area contributed by atoms with Gasteiger partial charge < -0.3 is 0 Å². The first kappa shape index (κ1) is 16.7. The highest BCUT2D eigenvalue weighted by Gasteiger charge is 2.09. The van der Waals surface area contributed by atoms with E-state index in [0.717, 1.165) is 0 Å². The van der Waals surface area contributed by atoms with Gasteiger partial charge in [-0.05, 0) is 18.8 Å². The van der Waals surface area contributed by atoms with Gasteiger partial charge in [0.25, 0.3) is 0 Å². The molecule has 0 rings (SSSR count). The summed E-state index contributed by atoms with van der Waals surface area (Å²) in [5, 5.41) is 7.32. The van der Waals surface area contributed by atoms with Crippen LogP contribution in [0.2, 0.25) is 0 Å². The van der Waals surface area contributed by atoms with Crippen molar-refractivity contribution < 1.29 is 17.2 Å². The molecule has 0 saturated carbocycles. The second-order valence-electron chi connectivity index (χ2n) is 3.15. The Bertz CT molecular complexity index is 241. The highest BCUT2D eigenvalue weighted by Crippen LogP contribution is 2.15. The third kappa shape index (κ3) is 19.6. The molecule has 3 nitrogen and oxygen atoms in total. The summed E-state index contributed by atoms with van der Waals surface area (Å²) >= 11 is 0. The Hall–Kier alpha value is -0.700. The second-order valence-corrected chi connectivity index (χ2v) is 4.27. The van der Waals surface area contributed by atoms with Crippen LogP contribution in [0.15, 0.2) is 0 Å². The van der Waals surface area contributed by atoms with Gasteiger partial charge in [-0.15, -0.1) is 0 Å². The number of nitrogens with zero attached hydrogens (tertiary/aromatic N) is 1. The lowest BCUT2D eigenvalue weighted by atomic mass is 10.0. The lowest BCUT2D eigenvalue weighted by Gasteiger charge is -2.08. The average Bonchev–Trinajstić information content (AvgIpc) is 2.02. The van der Waals surface area contributed by atoms with Crippen LogP contribution in [-0.4, -0.2) is 20.6 Å². The number of nitriles is 1. The molecule has 0 amide bonds. The van der Waals surface area contributed by atoms with Crippen molar-refractivity contribution in [2.45, 2.75) is 39.5 Å². The van der Waals surface area contributed by atoms with Crippen LogP contribution in [0.1, 0.15) is 33.1 Å². The van der Waals surface area contributed by atoms with Gasteiger partial charge in [-0.2, -0.15) is 5.26 Å². The van der Waals surface area contributed by atoms with Gasteiger partial charge in [-0.1, -0.05) is 6.92 Å². The van der Waals surface area contributed by atoms with Gasteiger partial charge in [-0.3, -0.25) is 0 Å². The maximum absolute atomic E-state index is 11.8. The molecule has 0 radical (unpaired) electrons. The maximum atomic E-state index is 11.8. The molecule has 6 heteroatoms. The van der Waals surface area contributed by atoms with Crippen LogP contribution in [0, 0.1) is 17.2 Å². The molecule has 0 saturated heterocycles. The normalized spacial score (nSPS) is 11.8. The molecule has 0 aromatic carbocycles. The summed E-state index contributed by atoms with van der Waals surface area (Å²) in [4.78, 5) is 0. The molecule has 0 bridgehead atoms. The van der Waals surface area contributed by atoms with Crippen LogP contribution in [0.4, 0.5) is 8.78 Å². The molecule has 0 fully saturated rings. The van der Waals surface area contributed by atoms with Gasteiger partial charge in [-0.25, -0.2) is 17.2 Å². The van der Waals surface area contributed by atoms with Crippen molar-refractivity contribution in [2.24, 2.45) is 5.92 Å². The van der Waals surface area contributed by atoms with E-state index in [2.05, 4.69) is 0 Å². The Morgan fingerprint density at radius 3 is 2.20 bits per heavy atom. The van der Waals surface area contributed by atoms with Crippen molar-refractivity contribution in [3.8, 4) is 6.07 Å². The van der Waals surface area contributed by atoms with Crippen molar-refractivity contribution in [1.82, 2.24) is 0 Å². The Kier molecular flexibility index (Phi) is 12.7. The fourth-order valence-corrected chi connectivity index (χ4v) is 1.43. The molecular formula is C9H17F2NO2S. The number of alkyl halides is 2. The van der Waals surface area contributed by atoms with Crippen LogP contribution in [0.25, 0.3) is 0 Å².